The van der Waals surface area contributed by atoms with E-state index in [4.69, 9.17) is 0 Å². The summed E-state index contributed by atoms with van der Waals surface area (Å²) in [5.74, 6) is -0.896. The second kappa shape index (κ2) is 5.45. The molecule has 0 aliphatic heterocycles. The van der Waals surface area contributed by atoms with Crippen LogP contribution in [-0.2, 0) is 6.54 Å². The van der Waals surface area contributed by atoms with Crippen LogP contribution in [0.3, 0.4) is 0 Å². The van der Waals surface area contributed by atoms with Gasteiger partial charge in [0.1, 0.15) is 5.82 Å². The molecule has 1 N–H and O–H groups in total. The van der Waals surface area contributed by atoms with Crippen LogP contribution in [0.5, 0.6) is 0 Å². The zero-order chi connectivity index (χ0) is 13.0. The fraction of sp³-hybridized carbons (Fsp3) is 0.133. The molecule has 0 unspecified atom stereocenters. The van der Waals surface area contributed by atoms with E-state index >= 15 is 0 Å². The summed E-state index contributed by atoms with van der Waals surface area (Å²) in [6, 6.07) is 13.8. The van der Waals surface area contributed by atoms with Gasteiger partial charge >= 0.3 is 0 Å². The van der Waals surface area contributed by atoms with Gasteiger partial charge in [-0.3, -0.25) is 4.79 Å². The number of halogens is 1. The van der Waals surface area contributed by atoms with Crippen molar-refractivity contribution in [1.82, 2.24) is 5.32 Å². The number of benzene rings is 2. The molecule has 0 bridgehead atoms. The number of hydrogen-bond acceptors (Lipinski definition) is 1. The Kier molecular flexibility index (Phi) is 3.72. The largest absolute Gasteiger partial charge is 0.348 e. The Bertz CT molecular complexity index is 549. The zero-order valence-corrected chi connectivity index (χ0v) is 10.1. The van der Waals surface area contributed by atoms with Crippen LogP contribution in [0.4, 0.5) is 4.39 Å². The molecular formula is C15H14FNO. The van der Waals surface area contributed by atoms with Gasteiger partial charge in [-0.2, -0.15) is 0 Å². The fourth-order valence-electron chi connectivity index (χ4n) is 1.63. The van der Waals surface area contributed by atoms with Crippen molar-refractivity contribution in [3.05, 3.63) is 71.0 Å². The lowest BCUT2D eigenvalue weighted by Gasteiger charge is -2.06. The van der Waals surface area contributed by atoms with Crippen LogP contribution < -0.4 is 5.32 Å². The molecule has 3 heteroatoms. The maximum Gasteiger partial charge on any atom is 0.254 e. The summed E-state index contributed by atoms with van der Waals surface area (Å²) in [7, 11) is 0. The van der Waals surface area contributed by atoms with Crippen LogP contribution in [0.1, 0.15) is 21.5 Å². The molecule has 0 fully saturated rings. The highest BCUT2D eigenvalue weighted by molar-refractivity contribution is 5.94. The second-order valence-electron chi connectivity index (χ2n) is 4.15. The van der Waals surface area contributed by atoms with Crippen molar-refractivity contribution >= 4 is 5.91 Å². The maximum absolute atomic E-state index is 13.4. The van der Waals surface area contributed by atoms with Crippen LogP contribution in [0, 0.1) is 12.7 Å². The summed E-state index contributed by atoms with van der Waals surface area (Å²) in [5.41, 5.74) is 2.23. The summed E-state index contributed by atoms with van der Waals surface area (Å²) in [4.78, 5) is 11.8. The third-order valence-electron chi connectivity index (χ3n) is 2.69. The summed E-state index contributed by atoms with van der Waals surface area (Å²) in [6.45, 7) is 2.40. The van der Waals surface area contributed by atoms with E-state index in [0.29, 0.717) is 6.54 Å². The topological polar surface area (TPSA) is 29.1 Å². The van der Waals surface area contributed by atoms with Gasteiger partial charge < -0.3 is 5.32 Å². The van der Waals surface area contributed by atoms with E-state index in [0.717, 1.165) is 5.56 Å². The minimum atomic E-state index is -0.501. The molecule has 1 amide bonds. The van der Waals surface area contributed by atoms with Crippen molar-refractivity contribution in [2.75, 3.05) is 0 Å². The van der Waals surface area contributed by atoms with Gasteiger partial charge in [-0.05, 0) is 24.6 Å². The van der Waals surface area contributed by atoms with Crippen LogP contribution in [0.2, 0.25) is 0 Å². The minimum absolute atomic E-state index is 0.0737. The first-order valence-corrected chi connectivity index (χ1v) is 5.75. The first-order chi connectivity index (χ1) is 8.66. The minimum Gasteiger partial charge on any atom is -0.348 e. The normalized spacial score (nSPS) is 10.1. The lowest BCUT2D eigenvalue weighted by molar-refractivity contribution is 0.0947. The van der Waals surface area contributed by atoms with Gasteiger partial charge in [-0.25, -0.2) is 4.39 Å². The Labute approximate surface area is 105 Å². The lowest BCUT2D eigenvalue weighted by Crippen LogP contribution is -2.23. The SMILES string of the molecule is Cc1ccc(CNC(=O)c2ccccc2F)cc1. The number of carbonyl (C=O) groups is 1. The Morgan fingerprint density at radius 1 is 1.11 bits per heavy atom. The Morgan fingerprint density at radius 3 is 2.44 bits per heavy atom. The highest BCUT2D eigenvalue weighted by Crippen LogP contribution is 2.07. The monoisotopic (exact) mass is 243 g/mol. The zero-order valence-electron chi connectivity index (χ0n) is 10.1. The van der Waals surface area contributed by atoms with E-state index in [9.17, 15) is 9.18 Å². The highest BCUT2D eigenvalue weighted by Gasteiger charge is 2.09. The van der Waals surface area contributed by atoms with Gasteiger partial charge in [0.15, 0.2) is 0 Å². The smallest absolute Gasteiger partial charge is 0.254 e. The summed E-state index contributed by atoms with van der Waals surface area (Å²) < 4.78 is 13.4. The number of rotatable bonds is 3. The van der Waals surface area contributed by atoms with E-state index in [1.54, 1.807) is 12.1 Å². The fourth-order valence-corrected chi connectivity index (χ4v) is 1.63. The average Bonchev–Trinajstić information content (AvgIpc) is 2.38. The van der Waals surface area contributed by atoms with Gasteiger partial charge in [0.05, 0.1) is 5.56 Å². The first-order valence-electron chi connectivity index (χ1n) is 5.75. The number of carbonyl (C=O) groups excluding carboxylic acids is 1. The molecule has 0 aromatic heterocycles. The van der Waals surface area contributed by atoms with Crippen LogP contribution in [0.15, 0.2) is 48.5 Å². The standard InChI is InChI=1S/C15H14FNO/c1-11-6-8-12(9-7-11)10-17-15(18)13-4-2-3-5-14(13)16/h2-9H,10H2,1H3,(H,17,18). The third kappa shape index (κ3) is 2.94. The molecule has 2 nitrogen and oxygen atoms in total. The van der Waals surface area contributed by atoms with Gasteiger partial charge in [-0.1, -0.05) is 42.0 Å². The third-order valence-corrected chi connectivity index (χ3v) is 2.69. The Hall–Kier alpha value is -2.16. The van der Waals surface area contributed by atoms with Crippen molar-refractivity contribution in [1.29, 1.82) is 0 Å². The molecule has 0 heterocycles. The van der Waals surface area contributed by atoms with E-state index in [-0.39, 0.29) is 5.56 Å². The quantitative estimate of drug-likeness (QED) is 0.882. The van der Waals surface area contributed by atoms with Crippen LogP contribution >= 0.6 is 0 Å². The number of hydrogen-bond donors (Lipinski definition) is 1. The first kappa shape index (κ1) is 12.3. The van der Waals surface area contributed by atoms with Crippen LogP contribution in [-0.4, -0.2) is 5.91 Å². The molecular weight excluding hydrogens is 229 g/mol. The van der Waals surface area contributed by atoms with Gasteiger partial charge in [0.2, 0.25) is 0 Å². The van der Waals surface area contributed by atoms with Crippen molar-refractivity contribution < 1.29 is 9.18 Å². The molecule has 92 valence electrons. The summed E-state index contributed by atoms with van der Waals surface area (Å²) >= 11 is 0. The molecule has 0 aliphatic carbocycles. The van der Waals surface area contributed by atoms with Gasteiger partial charge in [0.25, 0.3) is 5.91 Å². The maximum atomic E-state index is 13.4. The van der Waals surface area contributed by atoms with E-state index in [1.165, 1.54) is 17.7 Å². The average molecular weight is 243 g/mol. The number of aryl methyl sites for hydroxylation is 1. The number of amides is 1. The van der Waals surface area contributed by atoms with Crippen molar-refractivity contribution in [2.45, 2.75) is 13.5 Å². The molecule has 2 aromatic carbocycles. The molecule has 0 spiro atoms. The predicted molar refractivity (Wildman–Crippen MR) is 68.7 cm³/mol. The predicted octanol–water partition coefficient (Wildman–Crippen LogP) is 3.06. The lowest BCUT2D eigenvalue weighted by atomic mass is 10.1. The van der Waals surface area contributed by atoms with E-state index < -0.39 is 11.7 Å². The molecule has 2 aromatic rings. The van der Waals surface area contributed by atoms with E-state index in [1.807, 2.05) is 31.2 Å². The molecule has 18 heavy (non-hydrogen) atoms. The molecule has 0 atom stereocenters. The van der Waals surface area contributed by atoms with Crippen molar-refractivity contribution in [3.8, 4) is 0 Å². The Morgan fingerprint density at radius 2 is 1.78 bits per heavy atom. The molecule has 2 rings (SSSR count). The molecule has 0 saturated heterocycles. The van der Waals surface area contributed by atoms with Gasteiger partial charge in [0, 0.05) is 6.54 Å². The summed E-state index contributed by atoms with van der Waals surface area (Å²) in [6.07, 6.45) is 0. The highest BCUT2D eigenvalue weighted by atomic mass is 19.1. The van der Waals surface area contributed by atoms with Crippen molar-refractivity contribution in [3.63, 3.8) is 0 Å². The molecule has 0 radical (unpaired) electrons. The van der Waals surface area contributed by atoms with Crippen molar-refractivity contribution in [2.24, 2.45) is 0 Å². The molecule has 0 aliphatic rings. The summed E-state index contributed by atoms with van der Waals surface area (Å²) in [5, 5.41) is 2.70. The second-order valence-corrected chi connectivity index (χ2v) is 4.15. The Balaban J connectivity index is 2.01. The number of nitrogens with one attached hydrogen (secondary N) is 1. The molecule has 0 saturated carbocycles. The van der Waals surface area contributed by atoms with Crippen LogP contribution in [0.25, 0.3) is 0 Å². The van der Waals surface area contributed by atoms with E-state index in [2.05, 4.69) is 5.32 Å². The van der Waals surface area contributed by atoms with Gasteiger partial charge in [-0.15, -0.1) is 0 Å².